The van der Waals surface area contributed by atoms with E-state index in [0.29, 0.717) is 0 Å². The minimum Gasteiger partial charge on any atom is -0.499 e. The molecule has 0 bridgehead atoms. The predicted molar refractivity (Wildman–Crippen MR) is 94.1 cm³/mol. The molecule has 0 unspecified atom stereocenters. The number of carbonyl (C=O) groups excluding carboxylic acids is 1. The summed E-state index contributed by atoms with van der Waals surface area (Å²) in [5.41, 5.74) is -0.331. The van der Waals surface area contributed by atoms with Crippen LogP contribution in [-0.2, 0) is 27.4 Å². The second kappa shape index (κ2) is 7.44. The number of halogens is 1. The van der Waals surface area contributed by atoms with Crippen molar-refractivity contribution in [2.45, 2.75) is 13.2 Å². The molecular weight excluding hydrogens is 408 g/mol. The molecule has 8 nitrogen and oxygen atoms in total. The summed E-state index contributed by atoms with van der Waals surface area (Å²) in [4.78, 5) is 36.9. The summed E-state index contributed by atoms with van der Waals surface area (Å²) in [6.07, 6.45) is 2.71. The van der Waals surface area contributed by atoms with Crippen molar-refractivity contribution in [3.05, 3.63) is 90.8 Å². The zero-order chi connectivity index (χ0) is 18.7. The normalized spacial score (nSPS) is 15.4. The molecule has 3 rings (SSSR count). The SMILES string of the molecule is O=C1O/C(=C/Cn2cc(Br)c(=O)[nH]c2=O)C(OCc2ccccc2)=C1O. The van der Waals surface area contributed by atoms with Gasteiger partial charge in [0.15, 0.2) is 5.76 Å². The van der Waals surface area contributed by atoms with E-state index in [1.54, 1.807) is 0 Å². The summed E-state index contributed by atoms with van der Waals surface area (Å²) >= 11 is 3.03. The third kappa shape index (κ3) is 3.77. The summed E-state index contributed by atoms with van der Waals surface area (Å²) in [5.74, 6) is -1.68. The number of allylic oxidation sites excluding steroid dienone is 1. The van der Waals surface area contributed by atoms with Crippen LogP contribution in [0, 0.1) is 0 Å². The first-order valence-corrected chi connectivity index (χ1v) is 8.27. The maximum Gasteiger partial charge on any atom is 0.383 e. The van der Waals surface area contributed by atoms with Crippen LogP contribution in [-0.4, -0.2) is 20.6 Å². The van der Waals surface area contributed by atoms with Gasteiger partial charge in [0.2, 0.25) is 11.5 Å². The molecule has 2 aromatic rings. The van der Waals surface area contributed by atoms with Crippen molar-refractivity contribution in [2.24, 2.45) is 0 Å². The Morgan fingerprint density at radius 3 is 2.69 bits per heavy atom. The first kappa shape index (κ1) is 17.7. The fourth-order valence-corrected chi connectivity index (χ4v) is 2.55. The summed E-state index contributed by atoms with van der Waals surface area (Å²) in [5, 5.41) is 9.85. The van der Waals surface area contributed by atoms with Gasteiger partial charge in [-0.1, -0.05) is 30.3 Å². The number of nitrogens with zero attached hydrogens (tertiary/aromatic N) is 1. The Bertz CT molecular complexity index is 1020. The number of hydrogen-bond donors (Lipinski definition) is 2. The van der Waals surface area contributed by atoms with Crippen LogP contribution in [0.5, 0.6) is 0 Å². The topological polar surface area (TPSA) is 111 Å². The molecule has 1 aromatic carbocycles. The number of carbonyl (C=O) groups is 1. The van der Waals surface area contributed by atoms with Crippen LogP contribution in [0.15, 0.2) is 73.9 Å². The van der Waals surface area contributed by atoms with Crippen LogP contribution in [0.4, 0.5) is 0 Å². The molecule has 0 fully saturated rings. The van der Waals surface area contributed by atoms with Crippen molar-refractivity contribution in [2.75, 3.05) is 0 Å². The van der Waals surface area contributed by atoms with Gasteiger partial charge in [-0.25, -0.2) is 9.59 Å². The number of aromatic nitrogens is 2. The number of nitrogens with one attached hydrogen (secondary N) is 1. The Hall–Kier alpha value is -3.07. The molecule has 0 spiro atoms. The minimum absolute atomic E-state index is 0.00217. The highest BCUT2D eigenvalue weighted by Gasteiger charge is 2.31. The maximum absolute atomic E-state index is 11.8. The molecule has 9 heteroatoms. The highest BCUT2D eigenvalue weighted by Crippen LogP contribution is 2.26. The average molecular weight is 421 g/mol. The smallest absolute Gasteiger partial charge is 0.383 e. The number of benzene rings is 1. The molecule has 1 aliphatic rings. The number of H-pyrrole nitrogens is 1. The van der Waals surface area contributed by atoms with Gasteiger partial charge >= 0.3 is 11.7 Å². The van der Waals surface area contributed by atoms with Crippen molar-refractivity contribution >= 4 is 21.9 Å². The van der Waals surface area contributed by atoms with Gasteiger partial charge in [0.1, 0.15) is 6.61 Å². The molecule has 0 saturated heterocycles. The number of cyclic esters (lactones) is 1. The van der Waals surface area contributed by atoms with Crippen molar-refractivity contribution < 1.29 is 19.4 Å². The molecule has 0 atom stereocenters. The van der Waals surface area contributed by atoms with Gasteiger partial charge in [-0.15, -0.1) is 0 Å². The molecule has 134 valence electrons. The third-order valence-corrected chi connectivity index (χ3v) is 4.07. The van der Waals surface area contributed by atoms with Crippen LogP contribution in [0.2, 0.25) is 0 Å². The Morgan fingerprint density at radius 1 is 1.23 bits per heavy atom. The molecule has 1 aliphatic heterocycles. The molecule has 26 heavy (non-hydrogen) atoms. The van der Waals surface area contributed by atoms with E-state index in [-0.39, 0.29) is 29.1 Å². The van der Waals surface area contributed by atoms with Gasteiger partial charge in [-0.05, 0) is 27.6 Å². The van der Waals surface area contributed by atoms with Crippen molar-refractivity contribution in [3.8, 4) is 0 Å². The number of aliphatic hydroxyl groups excluding tert-OH is 1. The maximum atomic E-state index is 11.8. The molecular formula is C17H13BrN2O6. The van der Waals surface area contributed by atoms with Crippen molar-refractivity contribution in [1.82, 2.24) is 9.55 Å². The number of aromatic amines is 1. The van der Waals surface area contributed by atoms with Gasteiger partial charge in [-0.2, -0.15) is 0 Å². The van der Waals surface area contributed by atoms with Crippen molar-refractivity contribution in [1.29, 1.82) is 0 Å². The molecule has 0 aliphatic carbocycles. The fourth-order valence-electron chi connectivity index (χ4n) is 2.21. The lowest BCUT2D eigenvalue weighted by molar-refractivity contribution is -0.135. The Labute approximate surface area is 155 Å². The predicted octanol–water partition coefficient (Wildman–Crippen LogP) is 1.73. The number of rotatable bonds is 5. The van der Waals surface area contributed by atoms with E-state index >= 15 is 0 Å². The van der Waals surface area contributed by atoms with Gasteiger partial charge < -0.3 is 14.6 Å². The van der Waals surface area contributed by atoms with Gasteiger partial charge in [0.25, 0.3) is 5.56 Å². The highest BCUT2D eigenvalue weighted by molar-refractivity contribution is 9.10. The monoisotopic (exact) mass is 420 g/mol. The lowest BCUT2D eigenvalue weighted by Gasteiger charge is -2.08. The molecule has 0 radical (unpaired) electrons. The van der Waals surface area contributed by atoms with Crippen LogP contribution in [0.1, 0.15) is 5.56 Å². The number of ether oxygens (including phenoxy) is 2. The average Bonchev–Trinajstić information content (AvgIpc) is 2.90. The zero-order valence-electron chi connectivity index (χ0n) is 13.3. The van der Waals surface area contributed by atoms with Crippen LogP contribution in [0.25, 0.3) is 0 Å². The molecule has 0 amide bonds. The molecule has 2 heterocycles. The quantitative estimate of drug-likeness (QED) is 0.712. The minimum atomic E-state index is -0.936. The summed E-state index contributed by atoms with van der Waals surface area (Å²) in [6, 6.07) is 9.18. The Kier molecular flexibility index (Phi) is 5.08. The van der Waals surface area contributed by atoms with Crippen molar-refractivity contribution in [3.63, 3.8) is 0 Å². The Morgan fingerprint density at radius 2 is 1.96 bits per heavy atom. The largest absolute Gasteiger partial charge is 0.499 e. The zero-order valence-corrected chi connectivity index (χ0v) is 14.9. The summed E-state index contributed by atoms with van der Waals surface area (Å²) in [7, 11) is 0. The van der Waals surface area contributed by atoms with E-state index in [1.165, 1.54) is 16.8 Å². The van der Waals surface area contributed by atoms with Gasteiger partial charge in [0, 0.05) is 12.7 Å². The van der Waals surface area contributed by atoms with E-state index in [0.717, 1.165) is 5.56 Å². The summed E-state index contributed by atoms with van der Waals surface area (Å²) in [6.45, 7) is 0.112. The number of hydrogen-bond acceptors (Lipinski definition) is 6. The first-order chi connectivity index (χ1) is 12.5. The number of aliphatic hydroxyl groups is 1. The van der Waals surface area contributed by atoms with E-state index in [2.05, 4.69) is 20.9 Å². The van der Waals surface area contributed by atoms with E-state index in [4.69, 9.17) is 9.47 Å². The van der Waals surface area contributed by atoms with E-state index < -0.39 is 23.0 Å². The van der Waals surface area contributed by atoms with Crippen LogP contribution < -0.4 is 11.2 Å². The van der Waals surface area contributed by atoms with Crippen LogP contribution in [0.3, 0.4) is 0 Å². The summed E-state index contributed by atoms with van der Waals surface area (Å²) < 4.78 is 11.8. The van der Waals surface area contributed by atoms with Gasteiger partial charge in [-0.3, -0.25) is 14.3 Å². The molecule has 0 saturated carbocycles. The second-order valence-corrected chi connectivity index (χ2v) is 6.15. The van der Waals surface area contributed by atoms with E-state index in [9.17, 15) is 19.5 Å². The fraction of sp³-hybridized carbons (Fsp3) is 0.118. The first-order valence-electron chi connectivity index (χ1n) is 7.47. The molecule has 1 aromatic heterocycles. The van der Waals surface area contributed by atoms with Gasteiger partial charge in [0.05, 0.1) is 4.47 Å². The third-order valence-electron chi connectivity index (χ3n) is 3.50. The standard InChI is InChI=1S/C17H13BrN2O6/c18-11-8-20(17(24)19-15(11)22)7-6-12-14(13(21)16(23)26-12)25-9-10-4-2-1-3-5-10/h1-6,8,21H,7,9H2,(H,19,22,24)/b12-6+. The number of esters is 1. The lowest BCUT2D eigenvalue weighted by Crippen LogP contribution is -2.29. The van der Waals surface area contributed by atoms with E-state index in [1.807, 2.05) is 30.3 Å². The lowest BCUT2D eigenvalue weighted by atomic mass is 10.2. The second-order valence-electron chi connectivity index (χ2n) is 5.30. The Balaban J connectivity index is 1.81. The highest BCUT2D eigenvalue weighted by atomic mass is 79.9. The van der Waals surface area contributed by atoms with Crippen LogP contribution >= 0.6 is 15.9 Å². The molecule has 2 N–H and O–H groups in total.